The molecule has 0 saturated carbocycles. The Morgan fingerprint density at radius 1 is 0.960 bits per heavy atom. The van der Waals surface area contributed by atoms with Crippen molar-refractivity contribution in [3.63, 3.8) is 0 Å². The Morgan fingerprint density at radius 2 is 1.92 bits per heavy atom. The molecule has 122 valence electrons. The van der Waals surface area contributed by atoms with Gasteiger partial charge in [0.25, 0.3) is 0 Å². The molecule has 0 amide bonds. The summed E-state index contributed by atoms with van der Waals surface area (Å²) in [7, 11) is 0. The van der Waals surface area contributed by atoms with Gasteiger partial charge in [0.2, 0.25) is 5.95 Å². The van der Waals surface area contributed by atoms with Crippen LogP contribution in [0, 0.1) is 0 Å². The minimum absolute atomic E-state index is 0.726. The molecular weight excluding hydrogens is 312 g/mol. The van der Waals surface area contributed by atoms with Crippen LogP contribution in [0.1, 0.15) is 22.3 Å². The van der Waals surface area contributed by atoms with Crippen molar-refractivity contribution < 1.29 is 0 Å². The highest BCUT2D eigenvalue weighted by atomic mass is 15.3. The Labute approximate surface area is 145 Å². The Hall–Kier alpha value is -3.28. The third kappa shape index (κ3) is 2.61. The van der Waals surface area contributed by atoms with E-state index in [1.807, 2.05) is 24.7 Å². The molecule has 2 aromatic heterocycles. The van der Waals surface area contributed by atoms with Crippen molar-refractivity contribution in [2.75, 3.05) is 10.2 Å². The molecule has 1 aromatic carbocycles. The summed E-state index contributed by atoms with van der Waals surface area (Å²) in [6.07, 6.45) is 7.46. The number of nitrogens with zero attached hydrogens (tertiary/aromatic N) is 5. The van der Waals surface area contributed by atoms with Gasteiger partial charge in [-0.15, -0.1) is 0 Å². The van der Waals surface area contributed by atoms with E-state index in [9.17, 15) is 0 Å². The van der Waals surface area contributed by atoms with Crippen LogP contribution in [0.3, 0.4) is 0 Å². The predicted molar refractivity (Wildman–Crippen MR) is 97.2 cm³/mol. The van der Waals surface area contributed by atoms with Gasteiger partial charge in [0.1, 0.15) is 5.82 Å². The molecule has 6 nitrogen and oxygen atoms in total. The number of hydrogen-bond donors (Lipinski definition) is 1. The van der Waals surface area contributed by atoms with Crippen LogP contribution in [0.2, 0.25) is 0 Å². The SMILES string of the molecule is C1=NCc2ccc(Nc3ccnc(N4Cc5ccncc5C4)n3)cc21. The first-order valence-corrected chi connectivity index (χ1v) is 8.25. The van der Waals surface area contributed by atoms with Crippen LogP contribution < -0.4 is 10.2 Å². The standard InChI is InChI=1S/C19H16N6/c1-2-17(7-15-9-21-8-13(1)15)23-18-4-6-22-19(24-18)25-11-14-3-5-20-10-16(14)12-25/h1-7,9-10H,8,11-12H2,(H,22,23,24). The van der Waals surface area contributed by atoms with E-state index in [0.29, 0.717) is 0 Å². The molecule has 2 aliphatic heterocycles. The predicted octanol–water partition coefficient (Wildman–Crippen LogP) is 3.07. The molecule has 0 unspecified atom stereocenters. The number of aromatic nitrogens is 3. The summed E-state index contributed by atoms with van der Waals surface area (Å²) in [5.74, 6) is 1.51. The van der Waals surface area contributed by atoms with E-state index in [2.05, 4.69) is 54.4 Å². The van der Waals surface area contributed by atoms with Crippen molar-refractivity contribution in [1.82, 2.24) is 15.0 Å². The van der Waals surface area contributed by atoms with E-state index in [1.165, 1.54) is 22.3 Å². The fourth-order valence-electron chi connectivity index (χ4n) is 3.26. The Kier molecular flexibility index (Phi) is 3.19. The fraction of sp³-hybridized carbons (Fsp3) is 0.158. The lowest BCUT2D eigenvalue weighted by Crippen LogP contribution is -2.17. The molecule has 5 rings (SSSR count). The van der Waals surface area contributed by atoms with Crippen molar-refractivity contribution >= 4 is 23.7 Å². The third-order valence-corrected chi connectivity index (χ3v) is 4.56. The zero-order chi connectivity index (χ0) is 16.6. The Balaban J connectivity index is 1.38. The van der Waals surface area contributed by atoms with E-state index in [4.69, 9.17) is 0 Å². The first-order chi connectivity index (χ1) is 12.3. The summed E-state index contributed by atoms with van der Waals surface area (Å²) in [6.45, 7) is 2.39. The maximum Gasteiger partial charge on any atom is 0.227 e. The number of aliphatic imine (C=N–C) groups is 1. The Morgan fingerprint density at radius 3 is 2.88 bits per heavy atom. The third-order valence-electron chi connectivity index (χ3n) is 4.56. The zero-order valence-electron chi connectivity index (χ0n) is 13.6. The minimum atomic E-state index is 0.726. The van der Waals surface area contributed by atoms with Gasteiger partial charge in [-0.05, 0) is 46.5 Å². The van der Waals surface area contributed by atoms with Crippen LogP contribution >= 0.6 is 0 Å². The number of fused-ring (bicyclic) bond motifs is 2. The van der Waals surface area contributed by atoms with Crippen molar-refractivity contribution in [3.8, 4) is 0 Å². The molecule has 0 fully saturated rings. The lowest BCUT2D eigenvalue weighted by Gasteiger charge is -2.16. The smallest absolute Gasteiger partial charge is 0.227 e. The highest BCUT2D eigenvalue weighted by Gasteiger charge is 2.21. The number of anilines is 3. The van der Waals surface area contributed by atoms with Crippen LogP contribution in [0.5, 0.6) is 0 Å². The van der Waals surface area contributed by atoms with Gasteiger partial charge < -0.3 is 10.2 Å². The van der Waals surface area contributed by atoms with Crippen molar-refractivity contribution in [2.24, 2.45) is 4.99 Å². The van der Waals surface area contributed by atoms with Gasteiger partial charge in [-0.25, -0.2) is 4.98 Å². The first kappa shape index (κ1) is 14.1. The quantitative estimate of drug-likeness (QED) is 0.800. The minimum Gasteiger partial charge on any atom is -0.340 e. The van der Waals surface area contributed by atoms with Gasteiger partial charge in [-0.3, -0.25) is 9.98 Å². The van der Waals surface area contributed by atoms with Crippen molar-refractivity contribution in [3.05, 3.63) is 71.2 Å². The lowest BCUT2D eigenvalue weighted by atomic mass is 10.1. The summed E-state index contributed by atoms with van der Waals surface area (Å²) in [5, 5.41) is 3.37. The molecule has 0 spiro atoms. The van der Waals surface area contributed by atoms with Crippen molar-refractivity contribution in [1.29, 1.82) is 0 Å². The summed E-state index contributed by atoms with van der Waals surface area (Å²) in [4.78, 5) is 19.8. The second kappa shape index (κ2) is 5.66. The normalized spacial score (nSPS) is 14.5. The van der Waals surface area contributed by atoms with Crippen LogP contribution in [-0.2, 0) is 19.6 Å². The molecule has 3 aromatic rings. The molecule has 0 radical (unpaired) electrons. The number of benzene rings is 1. The van der Waals surface area contributed by atoms with E-state index in [0.717, 1.165) is 37.1 Å². The van der Waals surface area contributed by atoms with E-state index < -0.39 is 0 Å². The van der Waals surface area contributed by atoms with E-state index in [-0.39, 0.29) is 0 Å². The topological polar surface area (TPSA) is 66.3 Å². The lowest BCUT2D eigenvalue weighted by molar-refractivity contribution is 0.829. The van der Waals surface area contributed by atoms with Gasteiger partial charge in [0.15, 0.2) is 0 Å². The maximum absolute atomic E-state index is 4.68. The zero-order valence-corrected chi connectivity index (χ0v) is 13.6. The largest absolute Gasteiger partial charge is 0.340 e. The average molecular weight is 328 g/mol. The number of hydrogen-bond acceptors (Lipinski definition) is 6. The molecule has 6 heteroatoms. The van der Waals surface area contributed by atoms with Gasteiger partial charge in [-0.1, -0.05) is 6.07 Å². The van der Waals surface area contributed by atoms with Crippen LogP contribution in [0.15, 0.2) is 53.9 Å². The summed E-state index contributed by atoms with van der Waals surface area (Å²) >= 11 is 0. The molecule has 25 heavy (non-hydrogen) atoms. The van der Waals surface area contributed by atoms with Gasteiger partial charge in [-0.2, -0.15) is 4.98 Å². The second-order valence-corrected chi connectivity index (χ2v) is 6.25. The highest BCUT2D eigenvalue weighted by molar-refractivity contribution is 5.86. The van der Waals surface area contributed by atoms with Crippen LogP contribution in [0.4, 0.5) is 17.5 Å². The first-order valence-electron chi connectivity index (χ1n) is 8.25. The molecule has 0 saturated heterocycles. The van der Waals surface area contributed by atoms with E-state index in [1.54, 1.807) is 6.20 Å². The molecule has 0 bridgehead atoms. The van der Waals surface area contributed by atoms with Gasteiger partial charge >= 0.3 is 0 Å². The average Bonchev–Trinajstić information content (AvgIpc) is 3.28. The molecule has 2 aliphatic rings. The van der Waals surface area contributed by atoms with Crippen molar-refractivity contribution in [2.45, 2.75) is 19.6 Å². The summed E-state index contributed by atoms with van der Waals surface area (Å²) < 4.78 is 0. The highest BCUT2D eigenvalue weighted by Crippen LogP contribution is 2.26. The van der Waals surface area contributed by atoms with Gasteiger partial charge in [0, 0.05) is 43.6 Å². The molecular formula is C19H16N6. The monoisotopic (exact) mass is 328 g/mol. The number of nitrogens with one attached hydrogen (secondary N) is 1. The molecule has 0 aliphatic carbocycles. The van der Waals surface area contributed by atoms with E-state index >= 15 is 0 Å². The summed E-state index contributed by atoms with van der Waals surface area (Å²) in [5.41, 5.74) is 5.96. The number of rotatable bonds is 3. The fourth-order valence-corrected chi connectivity index (χ4v) is 3.26. The molecule has 0 atom stereocenters. The van der Waals surface area contributed by atoms with Crippen LogP contribution in [0.25, 0.3) is 0 Å². The van der Waals surface area contributed by atoms with Crippen LogP contribution in [-0.4, -0.2) is 21.2 Å². The van der Waals surface area contributed by atoms with Gasteiger partial charge in [0.05, 0.1) is 6.54 Å². The second-order valence-electron chi connectivity index (χ2n) is 6.25. The summed E-state index contributed by atoms with van der Waals surface area (Å²) in [6, 6.07) is 10.2. The maximum atomic E-state index is 4.68. The molecule has 4 heterocycles. The number of pyridine rings is 1. The molecule has 1 N–H and O–H groups in total. The Bertz CT molecular complexity index is 956.